The molecule has 0 bridgehead atoms. The van der Waals surface area contributed by atoms with Gasteiger partial charge in [0.15, 0.2) is 0 Å². The lowest BCUT2D eigenvalue weighted by Crippen LogP contribution is -2.22. The number of aromatic hydroxyl groups is 1. The highest BCUT2D eigenvalue weighted by Gasteiger charge is 2.17. The molecule has 3 rings (SSSR count). The lowest BCUT2D eigenvalue weighted by Gasteiger charge is -2.11. The summed E-state index contributed by atoms with van der Waals surface area (Å²) in [5.74, 6) is 0.203. The van der Waals surface area contributed by atoms with Gasteiger partial charge in [-0.15, -0.1) is 11.3 Å². The number of anilines is 1. The predicted molar refractivity (Wildman–Crippen MR) is 108 cm³/mol. The third kappa shape index (κ3) is 4.51. The second-order valence-electron chi connectivity index (χ2n) is 5.81. The molecule has 0 spiro atoms. The molecule has 0 aliphatic heterocycles. The van der Waals surface area contributed by atoms with E-state index in [1.165, 1.54) is 29.7 Å². The van der Waals surface area contributed by atoms with E-state index in [4.69, 9.17) is 0 Å². The zero-order valence-electron chi connectivity index (χ0n) is 14.7. The minimum atomic E-state index is -3.44. The van der Waals surface area contributed by atoms with E-state index in [-0.39, 0.29) is 10.6 Å². The molecule has 0 saturated heterocycles. The Bertz CT molecular complexity index is 1040. The number of hydrazone groups is 1. The average Bonchev–Trinajstić information content (AvgIpc) is 3.12. The van der Waals surface area contributed by atoms with E-state index in [9.17, 15) is 13.5 Å². The van der Waals surface area contributed by atoms with Crippen molar-refractivity contribution >= 4 is 32.7 Å². The molecular weight excluding hydrogens is 384 g/mol. The summed E-state index contributed by atoms with van der Waals surface area (Å²) in [5.41, 5.74) is 5.25. The van der Waals surface area contributed by atoms with Gasteiger partial charge in [-0.1, -0.05) is 12.1 Å². The number of benzene rings is 2. The minimum absolute atomic E-state index is 0.203. The summed E-state index contributed by atoms with van der Waals surface area (Å²) in [7, 11) is -0.443. The highest BCUT2D eigenvalue weighted by Crippen LogP contribution is 2.26. The highest BCUT2D eigenvalue weighted by atomic mass is 32.2. The van der Waals surface area contributed by atoms with E-state index >= 15 is 0 Å². The zero-order valence-corrected chi connectivity index (χ0v) is 16.3. The van der Waals surface area contributed by atoms with E-state index in [1.807, 2.05) is 5.38 Å². The first kappa shape index (κ1) is 19.0. The number of sulfonamides is 1. The van der Waals surface area contributed by atoms with Gasteiger partial charge in [0.05, 0.1) is 16.8 Å². The molecule has 7 nitrogen and oxygen atoms in total. The summed E-state index contributed by atoms with van der Waals surface area (Å²) >= 11 is 1.39. The molecule has 3 aromatic rings. The summed E-state index contributed by atoms with van der Waals surface area (Å²) < 4.78 is 25.4. The van der Waals surface area contributed by atoms with E-state index in [0.29, 0.717) is 5.13 Å². The van der Waals surface area contributed by atoms with E-state index < -0.39 is 10.0 Å². The van der Waals surface area contributed by atoms with Crippen LogP contribution in [0.4, 0.5) is 5.13 Å². The van der Waals surface area contributed by atoms with Crippen molar-refractivity contribution in [2.75, 3.05) is 19.5 Å². The van der Waals surface area contributed by atoms with E-state index in [1.54, 1.807) is 54.7 Å². The second-order valence-corrected chi connectivity index (χ2v) is 8.82. The fourth-order valence-corrected chi connectivity index (χ4v) is 3.76. The Balaban J connectivity index is 1.69. The van der Waals surface area contributed by atoms with Gasteiger partial charge in [0.1, 0.15) is 5.75 Å². The Kier molecular flexibility index (Phi) is 5.54. The number of hydrogen-bond acceptors (Lipinski definition) is 7. The molecule has 2 N–H and O–H groups in total. The molecule has 2 aromatic carbocycles. The van der Waals surface area contributed by atoms with Gasteiger partial charge in [0, 0.05) is 25.0 Å². The van der Waals surface area contributed by atoms with Gasteiger partial charge < -0.3 is 5.11 Å². The van der Waals surface area contributed by atoms with Crippen LogP contribution in [0.3, 0.4) is 0 Å². The third-order valence-corrected chi connectivity index (χ3v) is 6.28. The maximum Gasteiger partial charge on any atom is 0.242 e. The fraction of sp³-hybridized carbons (Fsp3) is 0.111. The molecule has 140 valence electrons. The van der Waals surface area contributed by atoms with E-state index in [2.05, 4.69) is 15.5 Å². The number of thiazole rings is 1. The van der Waals surface area contributed by atoms with Crippen LogP contribution in [0.1, 0.15) is 5.56 Å². The van der Waals surface area contributed by atoms with Crippen molar-refractivity contribution < 1.29 is 13.5 Å². The first-order valence-electron chi connectivity index (χ1n) is 7.93. The topological polar surface area (TPSA) is 94.9 Å². The molecule has 1 aromatic heterocycles. The molecule has 0 amide bonds. The smallest absolute Gasteiger partial charge is 0.242 e. The van der Waals surface area contributed by atoms with Gasteiger partial charge in [0.2, 0.25) is 15.2 Å². The van der Waals surface area contributed by atoms with Crippen molar-refractivity contribution in [1.29, 1.82) is 0 Å². The lowest BCUT2D eigenvalue weighted by atomic mass is 10.2. The molecule has 0 unspecified atom stereocenters. The van der Waals surface area contributed by atoms with Crippen LogP contribution in [0.2, 0.25) is 0 Å². The van der Waals surface area contributed by atoms with Gasteiger partial charge in [-0.05, 0) is 42.0 Å². The van der Waals surface area contributed by atoms with Crippen molar-refractivity contribution in [3.05, 3.63) is 59.5 Å². The Hall–Kier alpha value is -2.75. The summed E-state index contributed by atoms with van der Waals surface area (Å²) in [6, 6.07) is 13.3. The molecule has 0 fully saturated rings. The van der Waals surface area contributed by atoms with Gasteiger partial charge in [0.25, 0.3) is 0 Å². The molecular formula is C18H18N4O3S2. The molecule has 1 heterocycles. The maximum absolute atomic E-state index is 12.1. The molecule has 0 aliphatic carbocycles. The van der Waals surface area contributed by atoms with Crippen LogP contribution in [-0.4, -0.2) is 43.1 Å². The number of aromatic nitrogens is 1. The molecule has 0 saturated carbocycles. The summed E-state index contributed by atoms with van der Waals surface area (Å²) in [6.07, 6.45) is 1.63. The molecule has 0 radical (unpaired) electrons. The Morgan fingerprint density at radius 1 is 1.11 bits per heavy atom. The summed E-state index contributed by atoms with van der Waals surface area (Å²) in [5, 5.41) is 15.9. The van der Waals surface area contributed by atoms with Crippen LogP contribution < -0.4 is 5.43 Å². The van der Waals surface area contributed by atoms with Crippen molar-refractivity contribution in [3.63, 3.8) is 0 Å². The van der Waals surface area contributed by atoms with E-state index in [0.717, 1.165) is 16.8 Å². The molecule has 9 heteroatoms. The number of phenolic OH excluding ortho intramolecular Hbond substituents is 1. The molecule has 0 aliphatic rings. The monoisotopic (exact) mass is 402 g/mol. The quantitative estimate of drug-likeness (QED) is 0.488. The van der Waals surface area contributed by atoms with Crippen LogP contribution in [0.25, 0.3) is 11.3 Å². The van der Waals surface area contributed by atoms with Crippen LogP contribution in [0.15, 0.2) is 63.9 Å². The van der Waals surface area contributed by atoms with Gasteiger partial charge in [-0.25, -0.2) is 17.7 Å². The summed E-state index contributed by atoms with van der Waals surface area (Å²) in [6.45, 7) is 0. The van der Waals surface area contributed by atoms with Crippen molar-refractivity contribution in [2.45, 2.75) is 4.90 Å². The SMILES string of the molecule is CN(C)S(=O)(=O)c1ccc(-c2csc(N/N=C\c3ccc(O)cc3)n2)cc1. The Morgan fingerprint density at radius 3 is 2.41 bits per heavy atom. The van der Waals surface area contributed by atoms with Crippen molar-refractivity contribution in [1.82, 2.24) is 9.29 Å². The van der Waals surface area contributed by atoms with Gasteiger partial charge in [-0.3, -0.25) is 5.43 Å². The number of hydrogen-bond donors (Lipinski definition) is 2. The molecule has 0 atom stereocenters. The first-order chi connectivity index (χ1) is 12.9. The number of nitrogens with one attached hydrogen (secondary N) is 1. The maximum atomic E-state index is 12.1. The van der Waals surface area contributed by atoms with Gasteiger partial charge in [-0.2, -0.15) is 5.10 Å². The number of phenols is 1. The number of nitrogens with zero attached hydrogens (tertiary/aromatic N) is 3. The summed E-state index contributed by atoms with van der Waals surface area (Å²) in [4.78, 5) is 4.69. The first-order valence-corrected chi connectivity index (χ1v) is 10.2. The van der Waals surface area contributed by atoms with Gasteiger partial charge >= 0.3 is 0 Å². The fourth-order valence-electron chi connectivity index (χ4n) is 2.19. The average molecular weight is 403 g/mol. The Morgan fingerprint density at radius 2 is 1.78 bits per heavy atom. The Labute approximate surface area is 161 Å². The van der Waals surface area contributed by atoms with Crippen LogP contribution >= 0.6 is 11.3 Å². The van der Waals surface area contributed by atoms with Crippen molar-refractivity contribution in [3.8, 4) is 17.0 Å². The largest absolute Gasteiger partial charge is 0.508 e. The van der Waals surface area contributed by atoms with Crippen LogP contribution in [0, 0.1) is 0 Å². The third-order valence-electron chi connectivity index (χ3n) is 3.70. The lowest BCUT2D eigenvalue weighted by molar-refractivity contribution is 0.475. The van der Waals surface area contributed by atoms with Crippen molar-refractivity contribution in [2.24, 2.45) is 5.10 Å². The number of rotatable bonds is 6. The normalized spacial score (nSPS) is 12.0. The zero-order chi connectivity index (χ0) is 19.4. The minimum Gasteiger partial charge on any atom is -0.508 e. The second kappa shape index (κ2) is 7.87. The standard InChI is InChI=1S/C18H18N4O3S2/c1-22(2)27(24,25)16-9-5-14(6-10-16)17-12-26-18(20-17)21-19-11-13-3-7-15(23)8-4-13/h3-12,23H,1-2H3,(H,20,21)/b19-11-. The molecule has 27 heavy (non-hydrogen) atoms. The predicted octanol–water partition coefficient (Wildman–Crippen LogP) is 3.21. The van der Waals surface area contributed by atoms with Crippen LogP contribution in [-0.2, 0) is 10.0 Å². The highest BCUT2D eigenvalue weighted by molar-refractivity contribution is 7.89. The van der Waals surface area contributed by atoms with Crippen LogP contribution in [0.5, 0.6) is 5.75 Å².